The molecule has 0 bridgehead atoms. The third-order valence-corrected chi connectivity index (χ3v) is 5.65. The van der Waals surface area contributed by atoms with Gasteiger partial charge in [-0.15, -0.1) is 11.3 Å². The third-order valence-electron chi connectivity index (χ3n) is 4.79. The van der Waals surface area contributed by atoms with Crippen molar-refractivity contribution in [2.45, 2.75) is 31.5 Å². The Bertz CT molecular complexity index is 605. The second-order valence-corrected chi connectivity index (χ2v) is 7.38. The summed E-state index contributed by atoms with van der Waals surface area (Å²) in [6.45, 7) is 3.67. The van der Waals surface area contributed by atoms with E-state index in [0.29, 0.717) is 18.1 Å². The quantitative estimate of drug-likeness (QED) is 0.843. The number of hydrogen-bond donors (Lipinski definition) is 0. The van der Waals surface area contributed by atoms with E-state index in [-0.39, 0.29) is 0 Å². The topological polar surface area (TPSA) is 34.6 Å². The van der Waals surface area contributed by atoms with E-state index in [4.69, 9.17) is 9.47 Å². The van der Waals surface area contributed by atoms with Gasteiger partial charge in [0, 0.05) is 36.3 Å². The van der Waals surface area contributed by atoms with Gasteiger partial charge in [-0.1, -0.05) is 12.1 Å². The van der Waals surface area contributed by atoms with Crippen molar-refractivity contribution in [1.29, 1.82) is 0 Å². The van der Waals surface area contributed by atoms with E-state index in [0.717, 1.165) is 45.0 Å². The molecule has 0 unspecified atom stereocenters. The van der Waals surface area contributed by atoms with Gasteiger partial charge in [0.2, 0.25) is 5.88 Å². The second kappa shape index (κ2) is 6.99. The van der Waals surface area contributed by atoms with Crippen molar-refractivity contribution in [1.82, 2.24) is 9.88 Å². The molecule has 3 heterocycles. The summed E-state index contributed by atoms with van der Waals surface area (Å²) in [4.78, 5) is 8.27. The highest BCUT2D eigenvalue weighted by atomic mass is 32.1. The number of rotatable bonds is 5. The first-order valence-corrected chi connectivity index (χ1v) is 9.18. The maximum atomic E-state index is 6.02. The first-order valence-electron chi connectivity index (χ1n) is 8.30. The highest BCUT2D eigenvalue weighted by Crippen LogP contribution is 2.35. The third kappa shape index (κ3) is 3.57. The number of ether oxygens (including phenoxy) is 2. The van der Waals surface area contributed by atoms with Crippen LogP contribution in [0.1, 0.15) is 17.7 Å². The van der Waals surface area contributed by atoms with Crippen molar-refractivity contribution in [2.75, 3.05) is 19.8 Å². The largest absolute Gasteiger partial charge is 0.477 e. The Balaban J connectivity index is 1.35. The standard InChI is InChI=1S/C18H22N2O2S/c1-2-6-19-18(5-1)22-13-14-10-16-17(11-14)21-8-7-20(16)12-15-4-3-9-23-15/h1-6,9,14,16-17H,7-8,10-13H2/t14-,16-,17+/m0/s1. The van der Waals surface area contributed by atoms with E-state index in [9.17, 15) is 0 Å². The van der Waals surface area contributed by atoms with Gasteiger partial charge < -0.3 is 9.47 Å². The lowest BCUT2D eigenvalue weighted by Crippen LogP contribution is -2.47. The Hall–Kier alpha value is -1.43. The summed E-state index contributed by atoms with van der Waals surface area (Å²) in [6.07, 6.45) is 4.39. The maximum Gasteiger partial charge on any atom is 0.213 e. The fourth-order valence-corrected chi connectivity index (χ4v) is 4.43. The van der Waals surface area contributed by atoms with Crippen LogP contribution in [0.2, 0.25) is 0 Å². The van der Waals surface area contributed by atoms with Crippen LogP contribution in [0, 0.1) is 5.92 Å². The molecule has 3 atom stereocenters. The highest BCUT2D eigenvalue weighted by Gasteiger charge is 2.41. The van der Waals surface area contributed by atoms with Crippen molar-refractivity contribution in [3.05, 3.63) is 46.8 Å². The lowest BCUT2D eigenvalue weighted by Gasteiger charge is -2.37. The molecule has 1 saturated carbocycles. The lowest BCUT2D eigenvalue weighted by atomic mass is 10.1. The van der Waals surface area contributed by atoms with Crippen molar-refractivity contribution in [3.63, 3.8) is 0 Å². The molecule has 1 aliphatic heterocycles. The number of thiophene rings is 1. The molecule has 0 radical (unpaired) electrons. The smallest absolute Gasteiger partial charge is 0.213 e. The molecule has 122 valence electrons. The molecule has 0 spiro atoms. The molecule has 0 aromatic carbocycles. The van der Waals surface area contributed by atoms with Crippen LogP contribution < -0.4 is 4.74 Å². The predicted octanol–water partition coefficient (Wildman–Crippen LogP) is 3.20. The summed E-state index contributed by atoms with van der Waals surface area (Å²) in [5, 5.41) is 2.16. The van der Waals surface area contributed by atoms with E-state index in [1.54, 1.807) is 6.20 Å². The van der Waals surface area contributed by atoms with Crippen molar-refractivity contribution in [2.24, 2.45) is 5.92 Å². The van der Waals surface area contributed by atoms with Gasteiger partial charge in [-0.05, 0) is 36.3 Å². The van der Waals surface area contributed by atoms with E-state index < -0.39 is 0 Å². The molecule has 0 amide bonds. The van der Waals surface area contributed by atoms with E-state index >= 15 is 0 Å². The molecule has 2 fully saturated rings. The van der Waals surface area contributed by atoms with Crippen LogP contribution in [0.3, 0.4) is 0 Å². The Morgan fingerprint density at radius 3 is 3.09 bits per heavy atom. The van der Waals surface area contributed by atoms with Crippen molar-refractivity contribution in [3.8, 4) is 5.88 Å². The molecule has 23 heavy (non-hydrogen) atoms. The van der Waals surface area contributed by atoms with Crippen LogP contribution in [0.5, 0.6) is 5.88 Å². The molecule has 2 aromatic rings. The van der Waals surface area contributed by atoms with Gasteiger partial charge in [0.15, 0.2) is 0 Å². The molecule has 4 nitrogen and oxygen atoms in total. The molecule has 1 aliphatic carbocycles. The predicted molar refractivity (Wildman–Crippen MR) is 90.7 cm³/mol. The van der Waals surface area contributed by atoms with Crippen molar-refractivity contribution >= 4 is 11.3 Å². The summed E-state index contributed by atoms with van der Waals surface area (Å²) >= 11 is 1.84. The van der Waals surface area contributed by atoms with Crippen LogP contribution in [-0.2, 0) is 11.3 Å². The van der Waals surface area contributed by atoms with Crippen molar-refractivity contribution < 1.29 is 9.47 Å². The van der Waals surface area contributed by atoms with Crippen LogP contribution >= 0.6 is 11.3 Å². The van der Waals surface area contributed by atoms with Gasteiger partial charge in [0.25, 0.3) is 0 Å². The molecular weight excluding hydrogens is 308 g/mol. The van der Waals surface area contributed by atoms with Gasteiger partial charge in [0.05, 0.1) is 19.3 Å². The fraction of sp³-hybridized carbons (Fsp3) is 0.500. The van der Waals surface area contributed by atoms with Crippen LogP contribution in [0.4, 0.5) is 0 Å². The second-order valence-electron chi connectivity index (χ2n) is 6.34. The Morgan fingerprint density at radius 1 is 1.26 bits per heavy atom. The van der Waals surface area contributed by atoms with Crippen LogP contribution in [-0.4, -0.2) is 41.8 Å². The highest BCUT2D eigenvalue weighted by molar-refractivity contribution is 7.09. The fourth-order valence-electron chi connectivity index (χ4n) is 3.70. The minimum absolute atomic E-state index is 0.362. The number of hydrogen-bond acceptors (Lipinski definition) is 5. The Labute approximate surface area is 141 Å². The molecule has 5 heteroatoms. The first kappa shape index (κ1) is 15.1. The maximum absolute atomic E-state index is 6.02. The molecule has 4 rings (SSSR count). The number of fused-ring (bicyclic) bond motifs is 1. The van der Waals surface area contributed by atoms with Crippen LogP contribution in [0.25, 0.3) is 0 Å². The van der Waals surface area contributed by atoms with Gasteiger partial charge in [-0.25, -0.2) is 4.98 Å². The summed E-state index contributed by atoms with van der Waals surface area (Å²) < 4.78 is 11.9. The summed E-state index contributed by atoms with van der Waals surface area (Å²) in [5.41, 5.74) is 0. The molecule has 1 saturated heterocycles. The minimum Gasteiger partial charge on any atom is -0.477 e. The Kier molecular flexibility index (Phi) is 4.60. The molecular formula is C18H22N2O2S. The minimum atomic E-state index is 0.362. The SMILES string of the molecule is c1ccc(OC[C@@H]2C[C@H]3OCCN(Cc4cccs4)[C@H]3C2)nc1. The zero-order chi connectivity index (χ0) is 15.5. The molecule has 2 aromatic heterocycles. The number of aromatic nitrogens is 1. The normalized spacial score (nSPS) is 27.7. The van der Waals surface area contributed by atoms with Gasteiger partial charge in [-0.3, -0.25) is 4.90 Å². The van der Waals surface area contributed by atoms with Gasteiger partial charge in [0.1, 0.15) is 0 Å². The lowest BCUT2D eigenvalue weighted by molar-refractivity contribution is -0.0587. The average molecular weight is 330 g/mol. The number of pyridine rings is 1. The van der Waals surface area contributed by atoms with Gasteiger partial charge in [-0.2, -0.15) is 0 Å². The van der Waals surface area contributed by atoms with Crippen LogP contribution in [0.15, 0.2) is 41.9 Å². The number of morpholine rings is 1. The zero-order valence-corrected chi connectivity index (χ0v) is 14.0. The zero-order valence-electron chi connectivity index (χ0n) is 13.1. The molecule has 0 N–H and O–H groups in total. The summed E-state index contributed by atoms with van der Waals surface area (Å²) in [5.74, 6) is 1.27. The Morgan fingerprint density at radius 2 is 2.26 bits per heavy atom. The van der Waals surface area contributed by atoms with E-state index in [2.05, 4.69) is 27.4 Å². The monoisotopic (exact) mass is 330 g/mol. The average Bonchev–Trinajstić information content (AvgIpc) is 3.23. The van der Waals surface area contributed by atoms with E-state index in [1.165, 1.54) is 4.88 Å². The summed E-state index contributed by atoms with van der Waals surface area (Å²) in [7, 11) is 0. The molecule has 2 aliphatic rings. The summed E-state index contributed by atoms with van der Waals surface area (Å²) in [6, 6.07) is 10.7. The first-order chi connectivity index (χ1) is 11.4. The van der Waals surface area contributed by atoms with E-state index in [1.807, 2.05) is 29.5 Å². The van der Waals surface area contributed by atoms with Gasteiger partial charge >= 0.3 is 0 Å². The number of nitrogens with zero attached hydrogens (tertiary/aromatic N) is 2.